The van der Waals surface area contributed by atoms with Gasteiger partial charge in [-0.2, -0.15) is 5.10 Å². The van der Waals surface area contributed by atoms with Crippen molar-refractivity contribution < 1.29 is 4.79 Å². The Hall–Kier alpha value is -3.22. The number of nitrogens with zero attached hydrogens (tertiary/aromatic N) is 6. The molecule has 7 heteroatoms. The summed E-state index contributed by atoms with van der Waals surface area (Å²) in [6, 6.07) is 7.79. The lowest BCUT2D eigenvalue weighted by Crippen LogP contribution is -2.24. The van der Waals surface area contributed by atoms with Crippen molar-refractivity contribution in [2.24, 2.45) is 0 Å². The van der Waals surface area contributed by atoms with Gasteiger partial charge in [0, 0.05) is 19.3 Å². The largest absolute Gasteiger partial charge is 0.357 e. The molecule has 2 aliphatic heterocycles. The lowest BCUT2D eigenvalue weighted by atomic mass is 10.2. The van der Waals surface area contributed by atoms with Crippen LogP contribution in [0.4, 0.5) is 11.5 Å². The van der Waals surface area contributed by atoms with Gasteiger partial charge in [0.05, 0.1) is 47.3 Å². The van der Waals surface area contributed by atoms with E-state index in [-0.39, 0.29) is 5.91 Å². The third-order valence-electron chi connectivity index (χ3n) is 5.32. The minimum Gasteiger partial charge on any atom is -0.357 e. The van der Waals surface area contributed by atoms with E-state index < -0.39 is 0 Å². The average Bonchev–Trinajstić information content (AvgIpc) is 3.41. The number of fused-ring (bicyclic) bond motifs is 1. The number of anilines is 2. The second-order valence-electron chi connectivity index (χ2n) is 6.99. The molecule has 3 aromatic rings. The standard InChI is InChI=1S/C20H20N6O/c1-14-19-17(13-25(20(19)27)15-5-4-8-21-11-15)23-26(14)16-6-7-18(22-12-16)24-9-2-3-10-24/h4-8,11-12H,2-3,9-10,13H2,1H3. The van der Waals surface area contributed by atoms with Crippen molar-refractivity contribution >= 4 is 17.4 Å². The SMILES string of the molecule is Cc1c2c(nn1-c1ccc(N3CCCC3)nc1)CN(c1cccnc1)C2=O. The van der Waals surface area contributed by atoms with Gasteiger partial charge in [0.15, 0.2) is 0 Å². The third kappa shape index (κ3) is 2.58. The zero-order valence-corrected chi connectivity index (χ0v) is 15.2. The molecule has 5 heterocycles. The van der Waals surface area contributed by atoms with Gasteiger partial charge in [0.25, 0.3) is 5.91 Å². The van der Waals surface area contributed by atoms with Crippen molar-refractivity contribution in [3.05, 3.63) is 59.8 Å². The Kier molecular flexibility index (Phi) is 3.67. The van der Waals surface area contributed by atoms with E-state index in [1.54, 1.807) is 17.3 Å². The first-order chi connectivity index (χ1) is 13.2. The predicted molar refractivity (Wildman–Crippen MR) is 102 cm³/mol. The summed E-state index contributed by atoms with van der Waals surface area (Å²) in [4.78, 5) is 25.6. The van der Waals surface area contributed by atoms with E-state index in [4.69, 9.17) is 5.10 Å². The highest BCUT2D eigenvalue weighted by molar-refractivity contribution is 6.10. The van der Waals surface area contributed by atoms with E-state index >= 15 is 0 Å². The van der Waals surface area contributed by atoms with Crippen molar-refractivity contribution in [2.45, 2.75) is 26.3 Å². The second kappa shape index (κ2) is 6.19. The van der Waals surface area contributed by atoms with Gasteiger partial charge in [-0.25, -0.2) is 9.67 Å². The first-order valence-electron chi connectivity index (χ1n) is 9.24. The minimum atomic E-state index is -0.0246. The maximum absolute atomic E-state index is 12.9. The van der Waals surface area contributed by atoms with Gasteiger partial charge in [-0.1, -0.05) is 0 Å². The smallest absolute Gasteiger partial charge is 0.262 e. The van der Waals surface area contributed by atoms with Gasteiger partial charge < -0.3 is 9.80 Å². The van der Waals surface area contributed by atoms with Crippen molar-refractivity contribution in [3.8, 4) is 5.69 Å². The van der Waals surface area contributed by atoms with Crippen LogP contribution in [0.1, 0.15) is 34.6 Å². The molecule has 0 radical (unpaired) electrons. The minimum absolute atomic E-state index is 0.0246. The molecule has 0 saturated carbocycles. The summed E-state index contributed by atoms with van der Waals surface area (Å²) >= 11 is 0. The number of rotatable bonds is 3. The van der Waals surface area contributed by atoms with Gasteiger partial charge in [0.2, 0.25) is 0 Å². The number of pyridine rings is 2. The molecule has 3 aromatic heterocycles. The second-order valence-corrected chi connectivity index (χ2v) is 6.99. The summed E-state index contributed by atoms with van der Waals surface area (Å²) in [6.45, 7) is 4.54. The van der Waals surface area contributed by atoms with Crippen LogP contribution >= 0.6 is 0 Å². The van der Waals surface area contributed by atoms with Crippen LogP contribution in [0.2, 0.25) is 0 Å². The molecule has 7 nitrogen and oxygen atoms in total. The van der Waals surface area contributed by atoms with Crippen LogP contribution in [0.25, 0.3) is 5.69 Å². The number of amides is 1. The third-order valence-corrected chi connectivity index (χ3v) is 5.32. The summed E-state index contributed by atoms with van der Waals surface area (Å²) < 4.78 is 1.82. The molecule has 2 aliphatic rings. The molecule has 0 atom stereocenters. The van der Waals surface area contributed by atoms with Crippen LogP contribution in [0.5, 0.6) is 0 Å². The normalized spacial score (nSPS) is 16.3. The molecule has 0 unspecified atom stereocenters. The fourth-order valence-electron chi connectivity index (χ4n) is 3.92. The fourth-order valence-corrected chi connectivity index (χ4v) is 3.92. The Bertz CT molecular complexity index is 989. The average molecular weight is 360 g/mol. The van der Waals surface area contributed by atoms with E-state index in [0.29, 0.717) is 12.1 Å². The first kappa shape index (κ1) is 16.0. The maximum atomic E-state index is 12.9. The molecule has 0 N–H and O–H groups in total. The number of carbonyl (C=O) groups is 1. The zero-order chi connectivity index (χ0) is 18.4. The van der Waals surface area contributed by atoms with Crippen molar-refractivity contribution in [2.75, 3.05) is 22.9 Å². The first-order valence-corrected chi connectivity index (χ1v) is 9.24. The van der Waals surface area contributed by atoms with Gasteiger partial charge in [0.1, 0.15) is 5.82 Å². The Morgan fingerprint density at radius 1 is 1.04 bits per heavy atom. The van der Waals surface area contributed by atoms with Gasteiger partial charge in [-0.15, -0.1) is 0 Å². The molecule has 27 heavy (non-hydrogen) atoms. The Labute approximate surface area is 157 Å². The summed E-state index contributed by atoms with van der Waals surface area (Å²) in [6.07, 6.45) is 7.70. The topological polar surface area (TPSA) is 67.2 Å². The lowest BCUT2D eigenvalue weighted by Gasteiger charge is -2.17. The summed E-state index contributed by atoms with van der Waals surface area (Å²) in [5, 5.41) is 4.69. The van der Waals surface area contributed by atoms with Crippen molar-refractivity contribution in [3.63, 3.8) is 0 Å². The molecule has 1 fully saturated rings. The Morgan fingerprint density at radius 2 is 1.89 bits per heavy atom. The van der Waals surface area contributed by atoms with E-state index in [1.807, 2.05) is 42.1 Å². The van der Waals surface area contributed by atoms with E-state index in [1.165, 1.54) is 12.8 Å². The van der Waals surface area contributed by atoms with Gasteiger partial charge in [-0.05, 0) is 44.0 Å². The monoisotopic (exact) mass is 360 g/mol. The van der Waals surface area contributed by atoms with Crippen LogP contribution in [0, 0.1) is 6.92 Å². The quantitative estimate of drug-likeness (QED) is 0.718. The van der Waals surface area contributed by atoms with Crippen molar-refractivity contribution in [1.82, 2.24) is 19.7 Å². The highest BCUT2D eigenvalue weighted by Crippen LogP contribution is 2.30. The van der Waals surface area contributed by atoms with Crippen LogP contribution in [0.15, 0.2) is 42.9 Å². The fraction of sp³-hybridized carbons (Fsp3) is 0.300. The molecule has 0 aliphatic carbocycles. The number of hydrogen-bond acceptors (Lipinski definition) is 5. The summed E-state index contributed by atoms with van der Waals surface area (Å²) in [5.74, 6) is 0.982. The zero-order valence-electron chi connectivity index (χ0n) is 15.2. The molecular formula is C20H20N6O. The van der Waals surface area contributed by atoms with E-state index in [9.17, 15) is 4.79 Å². The van der Waals surface area contributed by atoms with Crippen molar-refractivity contribution in [1.29, 1.82) is 0 Å². The highest BCUT2D eigenvalue weighted by Gasteiger charge is 2.34. The highest BCUT2D eigenvalue weighted by atomic mass is 16.2. The molecular weight excluding hydrogens is 340 g/mol. The number of carbonyl (C=O) groups excluding carboxylic acids is 1. The van der Waals surface area contributed by atoms with Crippen LogP contribution < -0.4 is 9.80 Å². The van der Waals surface area contributed by atoms with Gasteiger partial charge in [-0.3, -0.25) is 9.78 Å². The van der Waals surface area contributed by atoms with Crippen LogP contribution in [0.3, 0.4) is 0 Å². The molecule has 5 rings (SSSR count). The van der Waals surface area contributed by atoms with E-state index in [2.05, 4.69) is 14.9 Å². The molecule has 0 aromatic carbocycles. The molecule has 1 amide bonds. The summed E-state index contributed by atoms with van der Waals surface area (Å²) in [7, 11) is 0. The lowest BCUT2D eigenvalue weighted by molar-refractivity contribution is 0.0995. The summed E-state index contributed by atoms with van der Waals surface area (Å²) in [5.41, 5.74) is 4.00. The Balaban J connectivity index is 1.44. The molecule has 0 bridgehead atoms. The molecule has 136 valence electrons. The van der Waals surface area contributed by atoms with Crippen LogP contribution in [-0.2, 0) is 6.54 Å². The predicted octanol–water partition coefficient (Wildman–Crippen LogP) is 2.73. The Morgan fingerprint density at radius 3 is 2.56 bits per heavy atom. The van der Waals surface area contributed by atoms with E-state index in [0.717, 1.165) is 41.7 Å². The van der Waals surface area contributed by atoms with Crippen LogP contribution in [-0.4, -0.2) is 38.7 Å². The maximum Gasteiger partial charge on any atom is 0.262 e. The number of hydrogen-bond donors (Lipinski definition) is 0. The van der Waals surface area contributed by atoms with Gasteiger partial charge >= 0.3 is 0 Å². The number of aromatic nitrogens is 4. The molecule has 0 spiro atoms. The molecule has 1 saturated heterocycles.